The van der Waals surface area contributed by atoms with Gasteiger partial charge in [-0.15, -0.1) is 11.8 Å². The summed E-state index contributed by atoms with van der Waals surface area (Å²) in [5.74, 6) is -0.213. The van der Waals surface area contributed by atoms with Crippen LogP contribution in [0.15, 0.2) is 47.4 Å². The Labute approximate surface area is 197 Å². The topological polar surface area (TPSA) is 49.4 Å². The third kappa shape index (κ3) is 7.69. The predicted octanol–water partition coefficient (Wildman–Crippen LogP) is 6.07. The van der Waals surface area contributed by atoms with Crippen molar-refractivity contribution in [2.75, 3.05) is 5.75 Å². The molecule has 2 aromatic carbocycles. The van der Waals surface area contributed by atoms with E-state index in [1.54, 1.807) is 42.2 Å². The number of carbonyl (C=O) groups is 2. The van der Waals surface area contributed by atoms with Gasteiger partial charge in [-0.2, -0.15) is 0 Å². The lowest BCUT2D eigenvalue weighted by Gasteiger charge is -2.31. The minimum atomic E-state index is -0.672. The number of benzene rings is 2. The predicted molar refractivity (Wildman–Crippen MR) is 127 cm³/mol. The van der Waals surface area contributed by atoms with E-state index in [1.807, 2.05) is 32.9 Å². The van der Waals surface area contributed by atoms with Crippen molar-refractivity contribution in [2.24, 2.45) is 0 Å². The Kier molecular flexibility index (Phi) is 8.92. The molecule has 2 aromatic rings. The van der Waals surface area contributed by atoms with Gasteiger partial charge in [0.25, 0.3) is 0 Å². The van der Waals surface area contributed by atoms with E-state index in [1.165, 1.54) is 11.8 Å². The Morgan fingerprint density at radius 1 is 1.03 bits per heavy atom. The van der Waals surface area contributed by atoms with Crippen LogP contribution in [0.4, 0.5) is 0 Å². The summed E-state index contributed by atoms with van der Waals surface area (Å²) in [6, 6.07) is 11.7. The van der Waals surface area contributed by atoms with Crippen LogP contribution >= 0.6 is 46.6 Å². The van der Waals surface area contributed by atoms with Crippen LogP contribution in [0.5, 0.6) is 0 Å². The SMILES string of the molecule is C[C@@H](C(=O)NC(C)(C)C)N(Cc1ccc(Cl)cc1Cl)C(=O)CSc1ccc(Cl)cc1. The average Bonchev–Trinajstić information content (AvgIpc) is 2.65. The number of halogens is 3. The molecule has 0 heterocycles. The fourth-order valence-electron chi connectivity index (χ4n) is 2.65. The van der Waals surface area contributed by atoms with Crippen LogP contribution in [0.3, 0.4) is 0 Å². The molecular formula is C22H25Cl3N2O2S. The first-order valence-electron chi connectivity index (χ1n) is 9.40. The summed E-state index contributed by atoms with van der Waals surface area (Å²) in [5.41, 5.74) is 0.317. The van der Waals surface area contributed by atoms with E-state index in [2.05, 4.69) is 5.32 Å². The van der Waals surface area contributed by atoms with Crippen LogP contribution in [0.25, 0.3) is 0 Å². The minimum Gasteiger partial charge on any atom is -0.350 e. The Bertz CT molecular complexity index is 898. The quantitative estimate of drug-likeness (QED) is 0.482. The summed E-state index contributed by atoms with van der Waals surface area (Å²) < 4.78 is 0. The van der Waals surface area contributed by atoms with Gasteiger partial charge in [0, 0.05) is 32.0 Å². The first kappa shape index (κ1) is 24.9. The van der Waals surface area contributed by atoms with E-state index in [0.29, 0.717) is 15.1 Å². The molecule has 30 heavy (non-hydrogen) atoms. The lowest BCUT2D eigenvalue weighted by atomic mass is 10.1. The molecule has 0 bridgehead atoms. The molecule has 0 aromatic heterocycles. The molecule has 0 saturated carbocycles. The van der Waals surface area contributed by atoms with Gasteiger partial charge in [-0.05, 0) is 69.7 Å². The molecule has 2 rings (SSSR count). The van der Waals surface area contributed by atoms with Crippen LogP contribution in [-0.4, -0.2) is 34.0 Å². The average molecular weight is 488 g/mol. The van der Waals surface area contributed by atoms with Crippen molar-refractivity contribution in [3.8, 4) is 0 Å². The maximum atomic E-state index is 13.1. The highest BCUT2D eigenvalue weighted by Crippen LogP contribution is 2.25. The van der Waals surface area contributed by atoms with Crippen molar-refractivity contribution in [1.82, 2.24) is 10.2 Å². The number of hydrogen-bond acceptors (Lipinski definition) is 3. The van der Waals surface area contributed by atoms with Crippen LogP contribution in [0.1, 0.15) is 33.3 Å². The largest absolute Gasteiger partial charge is 0.350 e. The van der Waals surface area contributed by atoms with E-state index in [0.717, 1.165) is 10.5 Å². The number of carbonyl (C=O) groups excluding carboxylic acids is 2. The smallest absolute Gasteiger partial charge is 0.242 e. The van der Waals surface area contributed by atoms with Gasteiger partial charge < -0.3 is 10.2 Å². The Morgan fingerprint density at radius 3 is 2.20 bits per heavy atom. The molecule has 0 fully saturated rings. The molecule has 0 radical (unpaired) electrons. The van der Waals surface area contributed by atoms with Gasteiger partial charge in [0.15, 0.2) is 0 Å². The molecule has 162 valence electrons. The summed E-state index contributed by atoms with van der Waals surface area (Å²) >= 11 is 19.6. The van der Waals surface area contributed by atoms with Gasteiger partial charge in [-0.3, -0.25) is 9.59 Å². The number of thioether (sulfide) groups is 1. The Balaban J connectivity index is 2.21. The standard InChI is InChI=1S/C22H25Cl3N2O2S/c1-14(21(29)26-22(2,3)4)27(12-15-5-6-17(24)11-19(15)25)20(28)13-30-18-9-7-16(23)8-10-18/h5-11,14H,12-13H2,1-4H3,(H,26,29)/t14-/m0/s1. The molecule has 0 spiro atoms. The maximum absolute atomic E-state index is 13.1. The molecule has 1 atom stereocenters. The molecule has 0 aliphatic rings. The second-order valence-corrected chi connectivity index (χ2v) is 10.2. The highest BCUT2D eigenvalue weighted by Gasteiger charge is 2.28. The molecule has 1 N–H and O–H groups in total. The van der Waals surface area contributed by atoms with E-state index in [-0.39, 0.29) is 24.1 Å². The van der Waals surface area contributed by atoms with Crippen molar-refractivity contribution < 1.29 is 9.59 Å². The molecule has 0 unspecified atom stereocenters. The molecule has 0 saturated heterocycles. The summed E-state index contributed by atoms with van der Waals surface area (Å²) in [6.45, 7) is 7.62. The summed E-state index contributed by atoms with van der Waals surface area (Å²) in [4.78, 5) is 28.3. The van der Waals surface area contributed by atoms with Crippen molar-refractivity contribution in [3.05, 3.63) is 63.1 Å². The molecule has 0 aliphatic heterocycles. The van der Waals surface area contributed by atoms with Crippen LogP contribution in [-0.2, 0) is 16.1 Å². The minimum absolute atomic E-state index is 0.169. The summed E-state index contributed by atoms with van der Waals surface area (Å²) in [6.07, 6.45) is 0. The van der Waals surface area contributed by atoms with Gasteiger partial charge >= 0.3 is 0 Å². The van der Waals surface area contributed by atoms with Crippen molar-refractivity contribution >= 4 is 58.4 Å². The lowest BCUT2D eigenvalue weighted by Crippen LogP contribution is -2.52. The zero-order valence-corrected chi connectivity index (χ0v) is 20.4. The normalized spacial score (nSPS) is 12.4. The molecule has 0 aliphatic carbocycles. The first-order valence-corrected chi connectivity index (χ1v) is 11.5. The van der Waals surface area contributed by atoms with Gasteiger partial charge in [-0.25, -0.2) is 0 Å². The van der Waals surface area contributed by atoms with Crippen molar-refractivity contribution in [1.29, 1.82) is 0 Å². The van der Waals surface area contributed by atoms with E-state index < -0.39 is 11.6 Å². The monoisotopic (exact) mass is 486 g/mol. The lowest BCUT2D eigenvalue weighted by molar-refractivity contribution is -0.139. The fraction of sp³-hybridized carbons (Fsp3) is 0.364. The third-order valence-electron chi connectivity index (χ3n) is 4.20. The zero-order chi connectivity index (χ0) is 22.5. The molecule has 8 heteroatoms. The zero-order valence-electron chi connectivity index (χ0n) is 17.3. The number of rotatable bonds is 7. The molecule has 4 nitrogen and oxygen atoms in total. The van der Waals surface area contributed by atoms with Gasteiger partial charge in [0.05, 0.1) is 5.75 Å². The van der Waals surface area contributed by atoms with Crippen LogP contribution in [0, 0.1) is 0 Å². The van der Waals surface area contributed by atoms with Crippen LogP contribution < -0.4 is 5.32 Å². The summed E-state index contributed by atoms with van der Waals surface area (Å²) in [7, 11) is 0. The van der Waals surface area contributed by atoms with Gasteiger partial charge in [-0.1, -0.05) is 40.9 Å². The van der Waals surface area contributed by atoms with E-state index in [4.69, 9.17) is 34.8 Å². The van der Waals surface area contributed by atoms with Gasteiger partial charge in [0.2, 0.25) is 11.8 Å². The Morgan fingerprint density at radius 2 is 1.63 bits per heavy atom. The number of amides is 2. The second kappa shape index (κ2) is 10.8. The second-order valence-electron chi connectivity index (χ2n) is 7.92. The summed E-state index contributed by atoms with van der Waals surface area (Å²) in [5, 5.41) is 4.54. The van der Waals surface area contributed by atoms with E-state index in [9.17, 15) is 9.59 Å². The highest BCUT2D eigenvalue weighted by atomic mass is 35.5. The van der Waals surface area contributed by atoms with E-state index >= 15 is 0 Å². The third-order valence-corrected chi connectivity index (χ3v) is 6.03. The number of nitrogens with one attached hydrogen (secondary N) is 1. The molecular weight excluding hydrogens is 463 g/mol. The fourth-order valence-corrected chi connectivity index (χ4v) is 4.03. The van der Waals surface area contributed by atoms with Gasteiger partial charge in [0.1, 0.15) is 6.04 Å². The van der Waals surface area contributed by atoms with Crippen molar-refractivity contribution in [2.45, 2.75) is 50.7 Å². The Hall–Kier alpha value is -1.40. The van der Waals surface area contributed by atoms with Crippen molar-refractivity contribution in [3.63, 3.8) is 0 Å². The molecule has 2 amide bonds. The number of nitrogens with zero attached hydrogens (tertiary/aromatic N) is 1. The number of hydrogen-bond donors (Lipinski definition) is 1. The van der Waals surface area contributed by atoms with Crippen LogP contribution in [0.2, 0.25) is 15.1 Å². The first-order chi connectivity index (χ1) is 14.0. The highest BCUT2D eigenvalue weighted by molar-refractivity contribution is 8.00. The maximum Gasteiger partial charge on any atom is 0.242 e.